The Morgan fingerprint density at radius 1 is 1.03 bits per heavy atom. The summed E-state index contributed by atoms with van der Waals surface area (Å²) in [4.78, 5) is 34.0. The smallest absolute Gasteiger partial charge is 0.449 e. The predicted octanol–water partition coefficient (Wildman–Crippen LogP) is 6.80. The number of benzene rings is 2. The highest BCUT2D eigenvalue weighted by atomic mass is 35.5. The van der Waals surface area contributed by atoms with Crippen LogP contribution in [0.5, 0.6) is 5.75 Å². The molecule has 2 aliphatic rings. The van der Waals surface area contributed by atoms with Gasteiger partial charge in [0.05, 0.1) is 24.8 Å². The standard InChI is InChI=1S/C29H30Cl2N4O4/c1-35(2,27-8-4-19-3-6-23(18-24(19)27)39-29(37)38)28(36)34(26-17-20(30)5-7-25(26)31)22-11-15-33(16-12-22)21-9-13-32-14-10-21/h3,5-7,9-10,13-14,17-18,22,27H,4,8,11-12,15-16H2,1-2H3/p+1. The third kappa shape index (κ3) is 5.55. The van der Waals surface area contributed by atoms with E-state index in [0.717, 1.165) is 55.6 Å². The number of anilines is 2. The summed E-state index contributed by atoms with van der Waals surface area (Å²) >= 11 is 13.1. The molecule has 204 valence electrons. The molecule has 0 saturated carbocycles. The van der Waals surface area contributed by atoms with Crippen molar-refractivity contribution in [2.75, 3.05) is 37.0 Å². The Hall–Kier alpha value is -3.33. The van der Waals surface area contributed by atoms with E-state index in [-0.39, 0.29) is 28.3 Å². The Bertz CT molecular complexity index is 1380. The second-order valence-electron chi connectivity index (χ2n) is 10.5. The quantitative estimate of drug-likeness (QED) is 0.206. The van der Waals surface area contributed by atoms with E-state index in [1.165, 1.54) is 0 Å². The molecule has 1 saturated heterocycles. The molecule has 1 atom stereocenters. The molecule has 2 heterocycles. The van der Waals surface area contributed by atoms with Crippen LogP contribution in [0, 0.1) is 0 Å². The van der Waals surface area contributed by atoms with E-state index in [1.807, 2.05) is 37.2 Å². The van der Waals surface area contributed by atoms with Gasteiger partial charge >= 0.3 is 12.2 Å². The molecule has 2 aromatic carbocycles. The molecule has 5 rings (SSSR count). The van der Waals surface area contributed by atoms with Gasteiger partial charge in [-0.1, -0.05) is 29.3 Å². The zero-order valence-corrected chi connectivity index (χ0v) is 23.4. The predicted molar refractivity (Wildman–Crippen MR) is 152 cm³/mol. The molecular formula is C29H31Cl2N4O4+. The minimum atomic E-state index is -1.37. The van der Waals surface area contributed by atoms with Crippen molar-refractivity contribution in [1.29, 1.82) is 0 Å². The van der Waals surface area contributed by atoms with Gasteiger partial charge in [-0.15, -0.1) is 0 Å². The topological polar surface area (TPSA) is 83.0 Å². The van der Waals surface area contributed by atoms with E-state index in [1.54, 1.807) is 42.7 Å². The summed E-state index contributed by atoms with van der Waals surface area (Å²) in [5.74, 6) is 0.249. The summed E-state index contributed by atoms with van der Waals surface area (Å²) in [6, 6.07) is 14.2. The first-order chi connectivity index (χ1) is 18.6. The highest BCUT2D eigenvalue weighted by molar-refractivity contribution is 6.35. The number of halogens is 2. The molecule has 1 unspecified atom stereocenters. The van der Waals surface area contributed by atoms with Crippen molar-refractivity contribution in [2.45, 2.75) is 37.8 Å². The summed E-state index contributed by atoms with van der Waals surface area (Å²) in [5, 5.41) is 10.1. The Kier molecular flexibility index (Phi) is 7.71. The van der Waals surface area contributed by atoms with Gasteiger partial charge in [-0.3, -0.25) is 9.88 Å². The van der Waals surface area contributed by atoms with E-state index in [0.29, 0.717) is 15.7 Å². The molecule has 1 N–H and O–H groups in total. The number of nitrogens with zero attached hydrogens (tertiary/aromatic N) is 4. The molecule has 8 nitrogen and oxygen atoms in total. The van der Waals surface area contributed by atoms with Crippen LogP contribution < -0.4 is 14.5 Å². The number of amides is 2. The highest BCUT2D eigenvalue weighted by Crippen LogP contribution is 2.43. The van der Waals surface area contributed by atoms with Crippen LogP contribution in [-0.4, -0.2) is 60.0 Å². The van der Waals surface area contributed by atoms with Crippen molar-refractivity contribution >= 4 is 46.8 Å². The van der Waals surface area contributed by atoms with Crippen molar-refractivity contribution < 1.29 is 23.9 Å². The van der Waals surface area contributed by atoms with Crippen LogP contribution in [0.3, 0.4) is 0 Å². The van der Waals surface area contributed by atoms with E-state index in [2.05, 4.69) is 9.88 Å². The van der Waals surface area contributed by atoms with E-state index in [9.17, 15) is 9.59 Å². The molecule has 39 heavy (non-hydrogen) atoms. The Labute approximate surface area is 237 Å². The number of carboxylic acid groups (broad SMARTS) is 1. The fraction of sp³-hybridized carbons (Fsp3) is 0.345. The van der Waals surface area contributed by atoms with Gasteiger partial charge in [0.1, 0.15) is 11.8 Å². The number of urea groups is 1. The minimum absolute atomic E-state index is 0.0386. The molecule has 0 spiro atoms. The number of rotatable bonds is 5. The number of pyridine rings is 1. The average molecular weight is 570 g/mol. The number of aromatic nitrogens is 1. The monoisotopic (exact) mass is 569 g/mol. The molecule has 10 heteroatoms. The summed E-state index contributed by atoms with van der Waals surface area (Å²) in [5.41, 5.74) is 3.73. The van der Waals surface area contributed by atoms with Crippen LogP contribution in [0.15, 0.2) is 60.9 Å². The van der Waals surface area contributed by atoms with Crippen LogP contribution in [0.25, 0.3) is 0 Å². The summed E-state index contributed by atoms with van der Waals surface area (Å²) in [6.07, 6.45) is 5.27. The van der Waals surface area contributed by atoms with Crippen molar-refractivity contribution in [3.63, 3.8) is 0 Å². The third-order valence-electron chi connectivity index (χ3n) is 7.87. The molecule has 1 aliphatic carbocycles. The first-order valence-corrected chi connectivity index (χ1v) is 13.7. The maximum atomic E-state index is 14.6. The van der Waals surface area contributed by atoms with Crippen LogP contribution in [-0.2, 0) is 6.42 Å². The molecule has 1 aromatic heterocycles. The Morgan fingerprint density at radius 3 is 2.44 bits per heavy atom. The van der Waals surface area contributed by atoms with Gasteiger partial charge < -0.3 is 14.7 Å². The van der Waals surface area contributed by atoms with Crippen LogP contribution in [0.4, 0.5) is 21.0 Å². The number of aryl methyl sites for hydroxylation is 1. The first kappa shape index (κ1) is 27.2. The van der Waals surface area contributed by atoms with Gasteiger partial charge in [0.2, 0.25) is 0 Å². The van der Waals surface area contributed by atoms with Crippen LogP contribution in [0.1, 0.15) is 36.4 Å². The Balaban J connectivity index is 1.47. The number of piperidine rings is 1. The summed E-state index contributed by atoms with van der Waals surface area (Å²) in [7, 11) is 3.81. The largest absolute Gasteiger partial charge is 0.511 e. The maximum Gasteiger partial charge on any atom is 0.511 e. The van der Waals surface area contributed by atoms with Crippen LogP contribution >= 0.6 is 23.2 Å². The van der Waals surface area contributed by atoms with Crippen LogP contribution in [0.2, 0.25) is 10.0 Å². The first-order valence-electron chi connectivity index (χ1n) is 13.0. The van der Waals surface area contributed by atoms with E-state index >= 15 is 0 Å². The molecular weight excluding hydrogens is 539 g/mol. The molecule has 2 amide bonds. The fourth-order valence-corrected chi connectivity index (χ4v) is 6.24. The van der Waals surface area contributed by atoms with Crippen molar-refractivity contribution in [3.05, 3.63) is 82.1 Å². The number of hydrogen-bond donors (Lipinski definition) is 1. The lowest BCUT2D eigenvalue weighted by Crippen LogP contribution is -2.59. The number of ether oxygens (including phenoxy) is 1. The van der Waals surface area contributed by atoms with Gasteiger partial charge in [-0.2, -0.15) is 0 Å². The van der Waals surface area contributed by atoms with Crippen molar-refractivity contribution in [3.8, 4) is 5.75 Å². The minimum Gasteiger partial charge on any atom is -0.449 e. The summed E-state index contributed by atoms with van der Waals surface area (Å²) in [6.45, 7) is 1.57. The summed E-state index contributed by atoms with van der Waals surface area (Å²) < 4.78 is 4.96. The number of fused-ring (bicyclic) bond motifs is 1. The fourth-order valence-electron chi connectivity index (χ4n) is 5.87. The number of carbonyl (C=O) groups excluding carboxylic acids is 1. The van der Waals surface area contributed by atoms with Gasteiger partial charge in [-0.25, -0.2) is 14.1 Å². The molecule has 1 fully saturated rings. The van der Waals surface area contributed by atoms with Crippen molar-refractivity contribution in [2.24, 2.45) is 0 Å². The van der Waals surface area contributed by atoms with Crippen molar-refractivity contribution in [1.82, 2.24) is 4.98 Å². The van der Waals surface area contributed by atoms with Gasteiger partial charge in [0, 0.05) is 54.2 Å². The lowest BCUT2D eigenvalue weighted by atomic mass is 10.0. The zero-order valence-electron chi connectivity index (χ0n) is 21.9. The lowest BCUT2D eigenvalue weighted by Gasteiger charge is -2.43. The second-order valence-corrected chi connectivity index (χ2v) is 11.3. The molecule has 1 aliphatic heterocycles. The number of carbonyl (C=O) groups is 2. The van der Waals surface area contributed by atoms with Gasteiger partial charge in [-0.05, 0) is 67.3 Å². The molecule has 3 aromatic rings. The molecule has 0 bridgehead atoms. The molecule has 0 radical (unpaired) electrons. The highest BCUT2D eigenvalue weighted by Gasteiger charge is 2.46. The van der Waals surface area contributed by atoms with E-state index < -0.39 is 6.16 Å². The zero-order chi connectivity index (χ0) is 27.7. The van der Waals surface area contributed by atoms with E-state index in [4.69, 9.17) is 33.0 Å². The average Bonchev–Trinajstić information content (AvgIpc) is 3.35. The normalized spacial score (nSPS) is 17.5. The lowest BCUT2D eigenvalue weighted by molar-refractivity contribution is -0.841. The van der Waals surface area contributed by atoms with Gasteiger partial charge in [0.15, 0.2) is 0 Å². The van der Waals surface area contributed by atoms with Gasteiger partial charge in [0.25, 0.3) is 0 Å². The SMILES string of the molecule is C[N+](C)(C(=O)N(c1cc(Cl)ccc1Cl)C1CCN(c2ccncc2)CC1)C1CCc2ccc(OC(=O)O)cc21. The second kappa shape index (κ2) is 11.0. The third-order valence-corrected chi connectivity index (χ3v) is 8.43. The number of quaternary nitrogens is 1. The maximum absolute atomic E-state index is 14.6. The Morgan fingerprint density at radius 2 is 1.74 bits per heavy atom. The number of hydrogen-bond acceptors (Lipinski definition) is 5.